The molecule has 0 saturated carbocycles. The molecule has 172 valence electrons. The Morgan fingerprint density at radius 3 is 1.03 bits per heavy atom. The molecule has 3 nitrogen and oxygen atoms in total. The highest BCUT2D eigenvalue weighted by Crippen LogP contribution is 2.36. The van der Waals surface area contributed by atoms with Gasteiger partial charge in [0.15, 0.2) is 0 Å². The first kappa shape index (κ1) is 25.7. The summed E-state index contributed by atoms with van der Waals surface area (Å²) in [5.41, 5.74) is 7.51. The monoisotopic (exact) mass is 432 g/mol. The van der Waals surface area contributed by atoms with Crippen molar-refractivity contribution in [3.05, 3.63) is 58.7 Å². The van der Waals surface area contributed by atoms with Crippen molar-refractivity contribution in [2.45, 2.75) is 92.9 Å². The van der Waals surface area contributed by atoms with E-state index in [0.29, 0.717) is 35.1 Å². The lowest BCUT2D eigenvalue weighted by molar-refractivity contribution is -0.107. The number of ketones is 1. The van der Waals surface area contributed by atoms with Gasteiger partial charge >= 0.3 is 0 Å². The van der Waals surface area contributed by atoms with Crippen LogP contribution in [0.5, 0.6) is 0 Å². The molecular weight excluding hydrogens is 392 g/mol. The molecule has 0 amide bonds. The Hall–Kier alpha value is -2.55. The molecule has 0 saturated heterocycles. The summed E-state index contributed by atoms with van der Waals surface area (Å²) in [6.07, 6.45) is 0. The molecule has 32 heavy (non-hydrogen) atoms. The molecule has 0 bridgehead atoms. The van der Waals surface area contributed by atoms with E-state index in [9.17, 15) is 4.79 Å². The third-order valence-corrected chi connectivity index (χ3v) is 5.90. The van der Waals surface area contributed by atoms with Crippen molar-refractivity contribution in [2.24, 2.45) is 9.98 Å². The molecule has 0 aromatic heterocycles. The van der Waals surface area contributed by atoms with Crippen molar-refractivity contribution < 1.29 is 4.79 Å². The van der Waals surface area contributed by atoms with Gasteiger partial charge in [-0.3, -0.25) is 4.79 Å². The second kappa shape index (κ2) is 10.8. The Kier molecular flexibility index (Phi) is 8.72. The predicted molar refractivity (Wildman–Crippen MR) is 140 cm³/mol. The Balaban J connectivity index is 2.57. The topological polar surface area (TPSA) is 41.8 Å². The van der Waals surface area contributed by atoms with E-state index >= 15 is 0 Å². The predicted octanol–water partition coefficient (Wildman–Crippen LogP) is 8.63. The summed E-state index contributed by atoms with van der Waals surface area (Å²) >= 11 is 0. The molecule has 0 heterocycles. The molecule has 0 atom stereocenters. The van der Waals surface area contributed by atoms with Gasteiger partial charge in [0.05, 0.1) is 22.8 Å². The van der Waals surface area contributed by atoms with Crippen LogP contribution in [0.4, 0.5) is 11.4 Å². The van der Waals surface area contributed by atoms with E-state index in [0.717, 1.165) is 11.4 Å². The van der Waals surface area contributed by atoms with Gasteiger partial charge in [-0.25, -0.2) is 9.98 Å². The fourth-order valence-electron chi connectivity index (χ4n) is 3.98. The van der Waals surface area contributed by atoms with Crippen LogP contribution < -0.4 is 0 Å². The third kappa shape index (κ3) is 5.82. The number of rotatable bonds is 8. The van der Waals surface area contributed by atoms with Crippen molar-refractivity contribution >= 4 is 28.6 Å². The Bertz CT molecular complexity index is 889. The molecule has 0 N–H and O–H groups in total. The smallest absolute Gasteiger partial charge is 0.220 e. The van der Waals surface area contributed by atoms with Gasteiger partial charge < -0.3 is 0 Å². The largest absolute Gasteiger partial charge is 0.286 e. The van der Waals surface area contributed by atoms with Crippen LogP contribution in [0, 0.1) is 0 Å². The van der Waals surface area contributed by atoms with E-state index in [4.69, 9.17) is 9.98 Å². The lowest BCUT2D eigenvalue weighted by Crippen LogP contribution is -2.19. The summed E-state index contributed by atoms with van der Waals surface area (Å²) in [5.74, 6) is 1.22. The van der Waals surface area contributed by atoms with Crippen LogP contribution in [-0.2, 0) is 4.79 Å². The van der Waals surface area contributed by atoms with Crippen LogP contribution in [0.25, 0.3) is 0 Å². The van der Waals surface area contributed by atoms with Gasteiger partial charge in [0.2, 0.25) is 5.78 Å². The molecule has 0 radical (unpaired) electrons. The van der Waals surface area contributed by atoms with Crippen LogP contribution in [0.2, 0.25) is 0 Å². The highest BCUT2D eigenvalue weighted by Gasteiger charge is 2.19. The maximum Gasteiger partial charge on any atom is 0.220 e. The van der Waals surface area contributed by atoms with Crippen LogP contribution in [0.15, 0.2) is 46.4 Å². The number of hydrogen-bond donors (Lipinski definition) is 0. The number of carbonyl (C=O) groups is 1. The molecule has 2 aromatic rings. The lowest BCUT2D eigenvalue weighted by atomic mass is 9.92. The van der Waals surface area contributed by atoms with Gasteiger partial charge in [0, 0.05) is 0 Å². The highest BCUT2D eigenvalue weighted by molar-refractivity contribution is 6.66. The zero-order chi connectivity index (χ0) is 24.2. The number of Topliss-reactive ketones (excluding diaryl/α,β-unsaturated/α-hetero) is 1. The fourth-order valence-corrected chi connectivity index (χ4v) is 3.98. The maximum atomic E-state index is 13.3. The Morgan fingerprint density at radius 2 is 0.812 bits per heavy atom. The Labute approximate surface area is 195 Å². The van der Waals surface area contributed by atoms with E-state index < -0.39 is 0 Å². The van der Waals surface area contributed by atoms with Gasteiger partial charge in [-0.15, -0.1) is 0 Å². The van der Waals surface area contributed by atoms with Crippen molar-refractivity contribution in [1.29, 1.82) is 0 Å². The minimum Gasteiger partial charge on any atom is -0.286 e. The number of para-hydroxylation sites is 2. The Morgan fingerprint density at radius 1 is 0.562 bits per heavy atom. The maximum absolute atomic E-state index is 13.3. The molecule has 0 aliphatic carbocycles. The number of hydrogen-bond acceptors (Lipinski definition) is 3. The number of carbonyl (C=O) groups excluding carboxylic acids is 1. The first-order chi connectivity index (χ1) is 15.0. The summed E-state index contributed by atoms with van der Waals surface area (Å²) in [4.78, 5) is 23.0. The van der Waals surface area contributed by atoms with Gasteiger partial charge in [0.25, 0.3) is 0 Å². The van der Waals surface area contributed by atoms with Crippen molar-refractivity contribution in [3.63, 3.8) is 0 Å². The SMILES string of the molecule is C/C(=N/c1c(C(C)C)cccc1C(C)C)C(=O)/C(C)=N/c1c(C(C)C)cccc1C(C)C. The van der Waals surface area contributed by atoms with Crippen molar-refractivity contribution in [3.8, 4) is 0 Å². The molecule has 0 fully saturated rings. The van der Waals surface area contributed by atoms with E-state index in [2.05, 4.69) is 91.8 Å². The normalized spacial score (nSPS) is 13.1. The van der Waals surface area contributed by atoms with Gasteiger partial charge in [0.1, 0.15) is 0 Å². The van der Waals surface area contributed by atoms with Crippen LogP contribution in [-0.4, -0.2) is 17.2 Å². The summed E-state index contributed by atoms with van der Waals surface area (Å²) < 4.78 is 0. The van der Waals surface area contributed by atoms with E-state index in [-0.39, 0.29) is 5.78 Å². The van der Waals surface area contributed by atoms with E-state index in [1.165, 1.54) is 22.3 Å². The molecule has 3 heteroatoms. The van der Waals surface area contributed by atoms with Gasteiger partial charge in [-0.2, -0.15) is 0 Å². The number of benzene rings is 2. The van der Waals surface area contributed by atoms with E-state index in [1.54, 1.807) is 13.8 Å². The van der Waals surface area contributed by atoms with Crippen LogP contribution >= 0.6 is 0 Å². The molecule has 0 aliphatic rings. The standard InChI is InChI=1S/C29H40N2O/c1-17(2)23-13-11-14-24(18(3)4)27(23)30-21(9)29(32)22(10)31-28-25(19(5)6)15-12-16-26(28)20(7)8/h11-20H,1-10H3/b30-21-,31-22+. The molecule has 2 aromatic carbocycles. The third-order valence-electron chi connectivity index (χ3n) is 5.90. The van der Waals surface area contributed by atoms with Crippen LogP contribution in [0.3, 0.4) is 0 Å². The summed E-state index contributed by atoms with van der Waals surface area (Å²) in [6, 6.07) is 12.6. The number of nitrogens with zero attached hydrogens (tertiary/aromatic N) is 2. The van der Waals surface area contributed by atoms with Crippen molar-refractivity contribution in [1.82, 2.24) is 0 Å². The fraction of sp³-hybridized carbons (Fsp3) is 0.483. The minimum absolute atomic E-state index is 0.105. The zero-order valence-corrected chi connectivity index (χ0v) is 21.6. The van der Waals surface area contributed by atoms with E-state index in [1.807, 2.05) is 0 Å². The van der Waals surface area contributed by atoms with Gasteiger partial charge in [-0.1, -0.05) is 91.8 Å². The second-order valence-electron chi connectivity index (χ2n) is 9.91. The molecule has 0 spiro atoms. The average molecular weight is 433 g/mol. The second-order valence-corrected chi connectivity index (χ2v) is 9.91. The van der Waals surface area contributed by atoms with Gasteiger partial charge in [-0.05, 0) is 59.8 Å². The summed E-state index contributed by atoms with van der Waals surface area (Å²) in [6.45, 7) is 20.9. The lowest BCUT2D eigenvalue weighted by Gasteiger charge is -2.18. The first-order valence-electron chi connectivity index (χ1n) is 11.9. The summed E-state index contributed by atoms with van der Waals surface area (Å²) in [5, 5.41) is 0. The highest BCUT2D eigenvalue weighted by atomic mass is 16.1. The van der Waals surface area contributed by atoms with Crippen LogP contribution in [0.1, 0.15) is 115 Å². The molecular formula is C29H40N2O. The average Bonchev–Trinajstić information content (AvgIpc) is 2.72. The molecule has 2 rings (SSSR count). The molecule has 0 unspecified atom stereocenters. The van der Waals surface area contributed by atoms with Crippen molar-refractivity contribution in [2.75, 3.05) is 0 Å². The molecule has 0 aliphatic heterocycles. The first-order valence-corrected chi connectivity index (χ1v) is 11.9. The summed E-state index contributed by atoms with van der Waals surface area (Å²) in [7, 11) is 0. The number of aliphatic imine (C=N–C) groups is 2. The zero-order valence-electron chi connectivity index (χ0n) is 21.6. The quantitative estimate of drug-likeness (QED) is 0.385. The minimum atomic E-state index is -0.105.